The fourth-order valence-electron chi connectivity index (χ4n) is 3.55. The van der Waals surface area contributed by atoms with Gasteiger partial charge < -0.3 is 15.1 Å². The summed E-state index contributed by atoms with van der Waals surface area (Å²) in [6.07, 6.45) is 2.25. The van der Waals surface area contributed by atoms with E-state index in [0.29, 0.717) is 18.7 Å². The van der Waals surface area contributed by atoms with Gasteiger partial charge in [0.05, 0.1) is 6.54 Å². The van der Waals surface area contributed by atoms with Crippen LogP contribution in [0.2, 0.25) is 0 Å². The van der Waals surface area contributed by atoms with Crippen molar-refractivity contribution in [1.82, 2.24) is 20.0 Å². The monoisotopic (exact) mass is 567 g/mol. The molecule has 2 fully saturated rings. The lowest BCUT2D eigenvalue weighted by Crippen LogP contribution is -2.54. The van der Waals surface area contributed by atoms with Crippen LogP contribution >= 0.6 is 39.9 Å². The first kappa shape index (κ1) is 23.3. The summed E-state index contributed by atoms with van der Waals surface area (Å²) in [6, 6.07) is 5.07. The van der Waals surface area contributed by atoms with Crippen molar-refractivity contribution in [3.8, 4) is 0 Å². The van der Waals surface area contributed by atoms with Crippen LogP contribution in [0, 0.1) is 5.82 Å². The number of carbonyl (C=O) groups excluding carboxylic acids is 1. The second-order valence-corrected chi connectivity index (χ2v) is 7.90. The molecule has 0 radical (unpaired) electrons. The Morgan fingerprint density at radius 2 is 1.82 bits per heavy atom. The van der Waals surface area contributed by atoms with Crippen LogP contribution in [-0.2, 0) is 11.3 Å². The van der Waals surface area contributed by atoms with Crippen molar-refractivity contribution < 1.29 is 9.18 Å². The molecule has 3 rings (SSSR count). The van der Waals surface area contributed by atoms with Gasteiger partial charge >= 0.3 is 0 Å². The number of benzene rings is 1. The van der Waals surface area contributed by atoms with Gasteiger partial charge in [0.1, 0.15) is 5.82 Å². The summed E-state index contributed by atoms with van der Waals surface area (Å²) in [5.74, 6) is 0.773. The number of amides is 1. The molecular formula is C19H28BrFIN5O. The number of carbonyl (C=O) groups is 1. The number of rotatable bonds is 4. The van der Waals surface area contributed by atoms with Crippen molar-refractivity contribution in [2.75, 3.05) is 52.9 Å². The molecule has 2 aliphatic rings. The van der Waals surface area contributed by atoms with Gasteiger partial charge in [-0.05, 0) is 25.0 Å². The number of piperazine rings is 1. The summed E-state index contributed by atoms with van der Waals surface area (Å²) in [4.78, 5) is 23.0. The highest BCUT2D eigenvalue weighted by Gasteiger charge is 2.24. The molecule has 2 saturated heterocycles. The Balaban J connectivity index is 0.00000280. The molecule has 2 aliphatic heterocycles. The maximum Gasteiger partial charge on any atom is 0.236 e. The highest BCUT2D eigenvalue weighted by Crippen LogP contribution is 2.15. The van der Waals surface area contributed by atoms with Crippen LogP contribution in [0.5, 0.6) is 0 Å². The molecule has 0 bridgehead atoms. The van der Waals surface area contributed by atoms with E-state index in [2.05, 4.69) is 36.0 Å². The summed E-state index contributed by atoms with van der Waals surface area (Å²) in [6.45, 7) is 5.96. The first-order valence-electron chi connectivity index (χ1n) is 9.46. The van der Waals surface area contributed by atoms with Crippen LogP contribution in [0.3, 0.4) is 0 Å². The van der Waals surface area contributed by atoms with Gasteiger partial charge in [-0.2, -0.15) is 0 Å². The normalized spacial score (nSPS) is 18.2. The van der Waals surface area contributed by atoms with Gasteiger partial charge in [0.2, 0.25) is 5.91 Å². The molecule has 28 heavy (non-hydrogen) atoms. The number of guanidine groups is 1. The molecule has 0 aliphatic carbocycles. The quantitative estimate of drug-likeness (QED) is 0.345. The van der Waals surface area contributed by atoms with Gasteiger partial charge in [0.15, 0.2) is 5.96 Å². The van der Waals surface area contributed by atoms with Crippen molar-refractivity contribution >= 4 is 51.8 Å². The summed E-state index contributed by atoms with van der Waals surface area (Å²) in [7, 11) is 1.74. The number of aliphatic imine (C=N–C) groups is 1. The van der Waals surface area contributed by atoms with Crippen LogP contribution in [0.4, 0.5) is 4.39 Å². The molecule has 1 aromatic rings. The highest BCUT2D eigenvalue weighted by molar-refractivity contribution is 14.0. The zero-order valence-electron chi connectivity index (χ0n) is 16.2. The standard InChI is InChI=1S/C19H27BrFN5O.HI/c1-22-19(23-13-15-4-5-16(20)12-17(15)21)26-10-8-24(9-11-26)14-18(27)25-6-2-3-7-25;/h4-5,12H,2-3,6-11,13-14H2,1H3,(H,22,23);1H. The smallest absolute Gasteiger partial charge is 0.236 e. The summed E-state index contributed by atoms with van der Waals surface area (Å²) in [5, 5.41) is 3.24. The van der Waals surface area contributed by atoms with Gasteiger partial charge in [-0.3, -0.25) is 14.7 Å². The number of hydrogen-bond donors (Lipinski definition) is 1. The van der Waals surface area contributed by atoms with E-state index in [-0.39, 0.29) is 35.7 Å². The average Bonchev–Trinajstić information content (AvgIpc) is 3.20. The Labute approximate surface area is 191 Å². The predicted molar refractivity (Wildman–Crippen MR) is 124 cm³/mol. The molecular weight excluding hydrogens is 540 g/mol. The van der Waals surface area contributed by atoms with Crippen molar-refractivity contribution in [3.05, 3.63) is 34.1 Å². The molecule has 1 N–H and O–H groups in total. The van der Waals surface area contributed by atoms with Crippen LogP contribution < -0.4 is 5.32 Å². The fourth-order valence-corrected chi connectivity index (χ4v) is 3.88. The Morgan fingerprint density at radius 1 is 1.14 bits per heavy atom. The number of nitrogens with zero attached hydrogens (tertiary/aromatic N) is 4. The van der Waals surface area contributed by atoms with Gasteiger partial charge in [-0.1, -0.05) is 22.0 Å². The maximum atomic E-state index is 14.0. The highest BCUT2D eigenvalue weighted by atomic mass is 127. The van der Waals surface area contributed by atoms with E-state index < -0.39 is 0 Å². The summed E-state index contributed by atoms with van der Waals surface area (Å²) in [5.41, 5.74) is 0.606. The number of hydrogen-bond acceptors (Lipinski definition) is 3. The second kappa shape index (κ2) is 11.3. The van der Waals surface area contributed by atoms with Gasteiger partial charge in [0, 0.05) is 62.9 Å². The fraction of sp³-hybridized carbons (Fsp3) is 0.579. The van der Waals surface area contributed by atoms with Crippen LogP contribution in [0.1, 0.15) is 18.4 Å². The first-order chi connectivity index (χ1) is 13.1. The largest absolute Gasteiger partial charge is 0.352 e. The van der Waals surface area contributed by atoms with Gasteiger partial charge in [0.25, 0.3) is 0 Å². The third kappa shape index (κ3) is 6.28. The van der Waals surface area contributed by atoms with E-state index in [4.69, 9.17) is 0 Å². The number of likely N-dealkylation sites (tertiary alicyclic amines) is 1. The SMILES string of the molecule is CN=C(NCc1ccc(Br)cc1F)N1CCN(CC(=O)N2CCCC2)CC1.I. The average molecular weight is 568 g/mol. The molecule has 9 heteroatoms. The molecule has 0 saturated carbocycles. The lowest BCUT2D eigenvalue weighted by atomic mass is 10.2. The second-order valence-electron chi connectivity index (χ2n) is 6.99. The molecule has 0 aromatic heterocycles. The van der Waals surface area contributed by atoms with Crippen LogP contribution in [-0.4, -0.2) is 79.4 Å². The summed E-state index contributed by atoms with van der Waals surface area (Å²) < 4.78 is 14.7. The van der Waals surface area contributed by atoms with Crippen molar-refractivity contribution in [2.45, 2.75) is 19.4 Å². The first-order valence-corrected chi connectivity index (χ1v) is 10.3. The van der Waals surface area contributed by atoms with Crippen molar-refractivity contribution in [3.63, 3.8) is 0 Å². The maximum absolute atomic E-state index is 14.0. The van der Waals surface area contributed by atoms with Gasteiger partial charge in [-0.25, -0.2) is 4.39 Å². The minimum Gasteiger partial charge on any atom is -0.352 e. The van der Waals surface area contributed by atoms with Gasteiger partial charge in [-0.15, -0.1) is 24.0 Å². The molecule has 1 amide bonds. The Hall–Kier alpha value is -0.940. The third-order valence-corrected chi connectivity index (χ3v) is 5.65. The van der Waals surface area contributed by atoms with Crippen molar-refractivity contribution in [1.29, 1.82) is 0 Å². The topological polar surface area (TPSA) is 51.2 Å². The molecule has 2 heterocycles. The Bertz CT molecular complexity index is 691. The molecule has 0 unspecified atom stereocenters. The lowest BCUT2D eigenvalue weighted by molar-refractivity contribution is -0.131. The number of nitrogens with one attached hydrogen (secondary N) is 1. The molecule has 6 nitrogen and oxygen atoms in total. The minimum absolute atomic E-state index is 0. The number of halogens is 3. The van der Waals surface area contributed by atoms with Crippen LogP contribution in [0.25, 0.3) is 0 Å². The van der Waals surface area contributed by atoms with E-state index in [1.54, 1.807) is 13.1 Å². The zero-order valence-corrected chi connectivity index (χ0v) is 20.1. The van der Waals surface area contributed by atoms with Crippen LogP contribution in [0.15, 0.2) is 27.7 Å². The van der Waals surface area contributed by atoms with E-state index in [9.17, 15) is 9.18 Å². The van der Waals surface area contributed by atoms with E-state index in [1.807, 2.05) is 11.0 Å². The molecule has 0 spiro atoms. The molecule has 156 valence electrons. The van der Waals surface area contributed by atoms with E-state index >= 15 is 0 Å². The third-order valence-electron chi connectivity index (χ3n) is 5.15. The van der Waals surface area contributed by atoms with E-state index in [0.717, 1.165) is 62.5 Å². The summed E-state index contributed by atoms with van der Waals surface area (Å²) >= 11 is 3.27. The zero-order chi connectivity index (χ0) is 19.2. The predicted octanol–water partition coefficient (Wildman–Crippen LogP) is 2.52. The Morgan fingerprint density at radius 3 is 2.43 bits per heavy atom. The Kier molecular flexibility index (Phi) is 9.42. The molecule has 1 aromatic carbocycles. The van der Waals surface area contributed by atoms with E-state index in [1.165, 1.54) is 6.07 Å². The lowest BCUT2D eigenvalue weighted by Gasteiger charge is -2.36. The minimum atomic E-state index is -0.238. The van der Waals surface area contributed by atoms with Crippen molar-refractivity contribution in [2.24, 2.45) is 4.99 Å². The molecule has 0 atom stereocenters.